The van der Waals surface area contributed by atoms with E-state index in [4.69, 9.17) is 0 Å². The van der Waals surface area contributed by atoms with Crippen molar-refractivity contribution >= 4 is 18.2 Å². The van der Waals surface area contributed by atoms with Gasteiger partial charge in [0.15, 0.2) is 5.82 Å². The van der Waals surface area contributed by atoms with E-state index in [2.05, 4.69) is 26.9 Å². The molecule has 0 N–H and O–H groups in total. The molecule has 0 atom stereocenters. The highest BCUT2D eigenvalue weighted by Crippen LogP contribution is 2.07. The molecule has 2 rings (SSSR count). The van der Waals surface area contributed by atoms with E-state index in [0.717, 1.165) is 11.4 Å². The Morgan fingerprint density at radius 1 is 1.40 bits per heavy atom. The highest BCUT2D eigenvalue weighted by atomic mass is 32.1. The number of hydrogen-bond acceptors (Lipinski definition) is 4. The molecule has 5 heteroatoms. The highest BCUT2D eigenvalue weighted by Gasteiger charge is 1.99. The fourth-order valence-electron chi connectivity index (χ4n) is 1.34. The molecule has 76 valence electrons. The Morgan fingerprint density at radius 2 is 2.27 bits per heavy atom. The van der Waals surface area contributed by atoms with E-state index in [1.165, 1.54) is 0 Å². The SMILES string of the molecule is Cc1cccc(Cn2ccc(N=S)n2)n1. The molecule has 2 heterocycles. The summed E-state index contributed by atoms with van der Waals surface area (Å²) in [5.74, 6) is 0.567. The molecule has 0 amide bonds. The molecule has 0 aliphatic rings. The van der Waals surface area contributed by atoms with Crippen LogP contribution in [0, 0.1) is 6.92 Å². The van der Waals surface area contributed by atoms with Gasteiger partial charge in [-0.3, -0.25) is 9.67 Å². The first kappa shape index (κ1) is 9.92. The maximum atomic E-state index is 4.55. The smallest absolute Gasteiger partial charge is 0.187 e. The largest absolute Gasteiger partial charge is 0.265 e. The molecule has 0 aliphatic heterocycles. The molecule has 0 bridgehead atoms. The van der Waals surface area contributed by atoms with E-state index < -0.39 is 0 Å². The normalized spacial score (nSPS) is 10.2. The summed E-state index contributed by atoms with van der Waals surface area (Å²) in [4.78, 5) is 4.39. The van der Waals surface area contributed by atoms with Crippen LogP contribution in [0.1, 0.15) is 11.4 Å². The first-order chi connectivity index (χ1) is 7.28. The Bertz CT molecular complexity index is 478. The number of pyridine rings is 1. The molecule has 2 aromatic heterocycles. The van der Waals surface area contributed by atoms with Crippen molar-refractivity contribution in [1.29, 1.82) is 0 Å². The van der Waals surface area contributed by atoms with E-state index in [-0.39, 0.29) is 0 Å². The topological polar surface area (TPSA) is 43.1 Å². The summed E-state index contributed by atoms with van der Waals surface area (Å²) in [6.07, 6.45) is 1.84. The lowest BCUT2D eigenvalue weighted by atomic mass is 10.3. The minimum Gasteiger partial charge on any atom is -0.265 e. The monoisotopic (exact) mass is 218 g/mol. The molecule has 0 unspecified atom stereocenters. The standard InChI is InChI=1S/C10H10N4S/c1-8-3-2-4-9(11-8)7-14-6-5-10(12-14)13-15/h2-6H,7H2,1H3. The molecule has 0 fully saturated rings. The van der Waals surface area contributed by atoms with Gasteiger partial charge in [0.2, 0.25) is 0 Å². The number of aromatic nitrogens is 3. The van der Waals surface area contributed by atoms with Gasteiger partial charge in [0.1, 0.15) is 0 Å². The molecule has 2 aromatic rings. The third-order valence-electron chi connectivity index (χ3n) is 1.99. The van der Waals surface area contributed by atoms with Crippen molar-refractivity contribution in [3.05, 3.63) is 41.9 Å². The predicted molar refractivity (Wildman–Crippen MR) is 59.8 cm³/mol. The Morgan fingerprint density at radius 3 is 2.93 bits per heavy atom. The van der Waals surface area contributed by atoms with E-state index >= 15 is 0 Å². The van der Waals surface area contributed by atoms with Crippen LogP contribution in [-0.4, -0.2) is 14.8 Å². The van der Waals surface area contributed by atoms with Crippen LogP contribution in [0.3, 0.4) is 0 Å². The van der Waals surface area contributed by atoms with Crippen LogP contribution in [0.2, 0.25) is 0 Å². The summed E-state index contributed by atoms with van der Waals surface area (Å²) in [6, 6.07) is 7.71. The Balaban J connectivity index is 2.18. The molecule has 0 radical (unpaired) electrons. The third kappa shape index (κ3) is 2.44. The molecular formula is C10H10N4S. The van der Waals surface area contributed by atoms with Crippen LogP contribution in [-0.2, 0) is 19.0 Å². The number of nitrogens with zero attached hydrogens (tertiary/aromatic N) is 4. The van der Waals surface area contributed by atoms with Gasteiger partial charge < -0.3 is 0 Å². The average molecular weight is 218 g/mol. The molecule has 0 saturated heterocycles. The quantitative estimate of drug-likeness (QED) is 0.791. The lowest BCUT2D eigenvalue weighted by Gasteiger charge is -2.01. The van der Waals surface area contributed by atoms with E-state index in [1.54, 1.807) is 10.7 Å². The maximum absolute atomic E-state index is 4.55. The minimum absolute atomic E-state index is 0.567. The van der Waals surface area contributed by atoms with Crippen LogP contribution in [0.15, 0.2) is 34.8 Å². The fourth-order valence-corrected chi connectivity index (χ4v) is 1.44. The van der Waals surface area contributed by atoms with Crippen molar-refractivity contribution in [3.63, 3.8) is 0 Å². The van der Waals surface area contributed by atoms with Crippen molar-refractivity contribution in [2.75, 3.05) is 0 Å². The van der Waals surface area contributed by atoms with E-state index in [9.17, 15) is 0 Å². The first-order valence-corrected chi connectivity index (χ1v) is 4.94. The maximum Gasteiger partial charge on any atom is 0.187 e. The van der Waals surface area contributed by atoms with Crippen LogP contribution < -0.4 is 0 Å². The summed E-state index contributed by atoms with van der Waals surface area (Å²) in [7, 11) is 0. The lowest BCUT2D eigenvalue weighted by molar-refractivity contribution is 0.673. The summed E-state index contributed by atoms with van der Waals surface area (Å²) in [5.41, 5.74) is 1.99. The summed E-state index contributed by atoms with van der Waals surface area (Å²) in [6.45, 7) is 2.61. The second-order valence-electron chi connectivity index (χ2n) is 3.23. The first-order valence-electron chi connectivity index (χ1n) is 4.57. The molecule has 0 aromatic carbocycles. The predicted octanol–water partition coefficient (Wildman–Crippen LogP) is 2.00. The van der Waals surface area contributed by atoms with Gasteiger partial charge >= 0.3 is 0 Å². The zero-order valence-electron chi connectivity index (χ0n) is 8.29. The van der Waals surface area contributed by atoms with Crippen molar-refractivity contribution < 1.29 is 0 Å². The molecule has 4 nitrogen and oxygen atoms in total. The average Bonchev–Trinajstić information content (AvgIpc) is 2.65. The Kier molecular flexibility index (Phi) is 2.82. The van der Waals surface area contributed by atoms with Gasteiger partial charge in [-0.25, -0.2) is 0 Å². The second-order valence-corrected chi connectivity index (χ2v) is 3.42. The summed E-state index contributed by atoms with van der Waals surface area (Å²) >= 11 is 4.55. The van der Waals surface area contributed by atoms with Gasteiger partial charge in [-0.05, 0) is 19.1 Å². The van der Waals surface area contributed by atoms with Gasteiger partial charge in [-0.1, -0.05) is 6.07 Å². The van der Waals surface area contributed by atoms with Crippen molar-refractivity contribution in [2.24, 2.45) is 4.36 Å². The van der Waals surface area contributed by atoms with Crippen LogP contribution in [0.25, 0.3) is 0 Å². The van der Waals surface area contributed by atoms with E-state index in [1.807, 2.05) is 31.3 Å². The van der Waals surface area contributed by atoms with Crippen LogP contribution >= 0.6 is 0 Å². The van der Waals surface area contributed by atoms with Gasteiger partial charge in [-0.2, -0.15) is 9.46 Å². The van der Waals surface area contributed by atoms with Gasteiger partial charge in [-0.15, -0.1) is 0 Å². The fraction of sp³-hybridized carbons (Fsp3) is 0.200. The van der Waals surface area contributed by atoms with Crippen molar-refractivity contribution in [3.8, 4) is 0 Å². The zero-order valence-corrected chi connectivity index (χ0v) is 9.11. The van der Waals surface area contributed by atoms with Crippen molar-refractivity contribution in [2.45, 2.75) is 13.5 Å². The molecule has 0 saturated carbocycles. The van der Waals surface area contributed by atoms with Crippen LogP contribution in [0.5, 0.6) is 0 Å². The third-order valence-corrected chi connectivity index (χ3v) is 2.18. The highest BCUT2D eigenvalue weighted by molar-refractivity contribution is 7.47. The number of rotatable bonds is 3. The van der Waals surface area contributed by atoms with E-state index in [0.29, 0.717) is 12.4 Å². The number of aryl methyl sites for hydroxylation is 1. The molecule has 15 heavy (non-hydrogen) atoms. The van der Waals surface area contributed by atoms with Gasteiger partial charge in [0.05, 0.1) is 12.2 Å². The summed E-state index contributed by atoms with van der Waals surface area (Å²) < 4.78 is 5.35. The van der Waals surface area contributed by atoms with Crippen LogP contribution in [0.4, 0.5) is 5.82 Å². The minimum atomic E-state index is 0.567. The van der Waals surface area contributed by atoms with Crippen molar-refractivity contribution in [1.82, 2.24) is 14.8 Å². The zero-order chi connectivity index (χ0) is 10.7. The Hall–Kier alpha value is -1.62. The molecular weight excluding hydrogens is 208 g/mol. The van der Waals surface area contributed by atoms with Gasteiger partial charge in [0, 0.05) is 30.4 Å². The van der Waals surface area contributed by atoms with Gasteiger partial charge in [0.25, 0.3) is 0 Å². The molecule has 0 aliphatic carbocycles. The number of hydrogen-bond donors (Lipinski definition) is 0. The molecule has 0 spiro atoms. The Labute approximate surface area is 93.1 Å². The summed E-state index contributed by atoms with van der Waals surface area (Å²) in [5, 5.41) is 4.16. The lowest BCUT2D eigenvalue weighted by Crippen LogP contribution is -2.02. The second kappa shape index (κ2) is 4.27.